The van der Waals surface area contributed by atoms with Crippen LogP contribution >= 0.6 is 0 Å². The topological polar surface area (TPSA) is 127 Å². The molecule has 0 spiro atoms. The van der Waals surface area contributed by atoms with Gasteiger partial charge in [-0.25, -0.2) is 4.79 Å². The highest BCUT2D eigenvalue weighted by Crippen LogP contribution is 2.00. The van der Waals surface area contributed by atoms with Crippen molar-refractivity contribution in [3.63, 3.8) is 0 Å². The van der Waals surface area contributed by atoms with Crippen molar-refractivity contribution in [1.29, 1.82) is 0 Å². The molecule has 0 aromatic carbocycles. The van der Waals surface area contributed by atoms with E-state index in [9.17, 15) is 14.4 Å². The molecule has 0 heterocycles. The van der Waals surface area contributed by atoms with E-state index in [2.05, 4.69) is 4.74 Å². The van der Waals surface area contributed by atoms with E-state index < -0.39 is 30.5 Å². The Morgan fingerprint density at radius 1 is 1.38 bits per heavy atom. The van der Waals surface area contributed by atoms with Crippen molar-refractivity contribution in [2.45, 2.75) is 18.6 Å². The van der Waals surface area contributed by atoms with E-state index in [4.69, 9.17) is 15.9 Å². The summed E-state index contributed by atoms with van der Waals surface area (Å²) in [5.74, 6) is -2.77. The zero-order chi connectivity index (χ0) is 10.4. The fourth-order valence-corrected chi connectivity index (χ4v) is 0.613. The predicted molar refractivity (Wildman–Crippen MR) is 38.8 cm³/mol. The molecule has 0 saturated carbocycles. The molecule has 7 heteroatoms. The van der Waals surface area contributed by atoms with Gasteiger partial charge in [-0.3, -0.25) is 9.59 Å². The van der Waals surface area contributed by atoms with E-state index in [0.29, 0.717) is 0 Å². The van der Waals surface area contributed by atoms with Gasteiger partial charge < -0.3 is 20.7 Å². The summed E-state index contributed by atoms with van der Waals surface area (Å²) in [6, 6.07) is -1.36. The van der Waals surface area contributed by atoms with Crippen LogP contribution in [0.5, 0.6) is 0 Å². The number of ether oxygens (including phenoxy) is 1. The fourth-order valence-electron chi connectivity index (χ4n) is 0.613. The maximum Gasteiger partial charge on any atom is 0.345 e. The Hall–Kier alpha value is -1.63. The molecule has 0 aromatic heterocycles. The van der Waals surface area contributed by atoms with Crippen LogP contribution < -0.4 is 5.73 Å². The van der Waals surface area contributed by atoms with Crippen molar-refractivity contribution in [2.24, 2.45) is 5.73 Å². The lowest BCUT2D eigenvalue weighted by Crippen LogP contribution is -2.37. The minimum atomic E-state index is -1.51. The van der Waals surface area contributed by atoms with Crippen LogP contribution in [-0.4, -0.2) is 40.8 Å². The van der Waals surface area contributed by atoms with Crippen LogP contribution in [0, 0.1) is 0 Å². The van der Waals surface area contributed by atoms with Gasteiger partial charge in [0.1, 0.15) is 6.04 Å². The molecule has 13 heavy (non-hydrogen) atoms. The third-order valence-corrected chi connectivity index (χ3v) is 1.28. The van der Waals surface area contributed by atoms with E-state index in [1.165, 1.54) is 0 Å². The van der Waals surface area contributed by atoms with Crippen LogP contribution in [0.15, 0.2) is 0 Å². The van der Waals surface area contributed by atoms with Crippen molar-refractivity contribution < 1.29 is 29.3 Å². The molecule has 0 aromatic rings. The van der Waals surface area contributed by atoms with Gasteiger partial charge in [0.05, 0.1) is 0 Å². The summed E-state index contributed by atoms with van der Waals surface area (Å²) >= 11 is 0. The Kier molecular flexibility index (Phi) is 4.45. The number of aliphatic carboxylic acids is 2. The van der Waals surface area contributed by atoms with Crippen LogP contribution in [0.25, 0.3) is 0 Å². The second-order valence-electron chi connectivity index (χ2n) is 2.24. The van der Waals surface area contributed by atoms with E-state index in [1.54, 1.807) is 0 Å². The number of carboxylic acid groups (broad SMARTS) is 2. The van der Waals surface area contributed by atoms with Crippen molar-refractivity contribution in [1.82, 2.24) is 0 Å². The van der Waals surface area contributed by atoms with Crippen LogP contribution in [0.4, 0.5) is 0 Å². The number of nitrogens with two attached hydrogens (primary N) is 1. The quantitative estimate of drug-likeness (QED) is 0.432. The number of hydrogen-bond donors (Lipinski definition) is 3. The number of carboxylic acids is 2. The first-order valence-corrected chi connectivity index (χ1v) is 3.29. The molecule has 4 N–H and O–H groups in total. The number of rotatable bonds is 6. The van der Waals surface area contributed by atoms with Gasteiger partial charge in [-0.15, -0.1) is 0 Å². The summed E-state index contributed by atoms with van der Waals surface area (Å²) in [6.45, 7) is -0.0621. The minimum absolute atomic E-state index is 0.0621. The summed E-state index contributed by atoms with van der Waals surface area (Å²) < 4.78 is 4.10. The lowest BCUT2D eigenvalue weighted by atomic mass is 10.1. The Labute approximate surface area is 73.1 Å². The van der Waals surface area contributed by atoms with Gasteiger partial charge >= 0.3 is 11.9 Å². The van der Waals surface area contributed by atoms with Crippen LogP contribution in [0.2, 0.25) is 0 Å². The molecular formula is C6H9NO6. The van der Waals surface area contributed by atoms with Crippen LogP contribution in [-0.2, 0) is 19.1 Å². The van der Waals surface area contributed by atoms with Crippen molar-refractivity contribution >= 4 is 18.4 Å². The molecule has 0 aliphatic heterocycles. The SMILES string of the molecule is NC(CC(OC=O)C(=O)O)C(=O)O. The third-order valence-electron chi connectivity index (χ3n) is 1.28. The number of carbonyl (C=O) groups is 3. The molecule has 0 fully saturated rings. The first-order chi connectivity index (χ1) is 5.99. The molecule has 0 bridgehead atoms. The largest absolute Gasteiger partial charge is 0.480 e. The molecule has 74 valence electrons. The summed E-state index contributed by atoms with van der Waals surface area (Å²) in [7, 11) is 0. The van der Waals surface area contributed by atoms with Gasteiger partial charge in [0.25, 0.3) is 6.47 Å². The van der Waals surface area contributed by atoms with Gasteiger partial charge in [-0.05, 0) is 0 Å². The Morgan fingerprint density at radius 2 is 1.92 bits per heavy atom. The van der Waals surface area contributed by atoms with Crippen LogP contribution in [0.1, 0.15) is 6.42 Å². The molecule has 2 unspecified atom stereocenters. The maximum atomic E-state index is 10.3. The van der Waals surface area contributed by atoms with Crippen molar-refractivity contribution in [3.05, 3.63) is 0 Å². The molecule has 0 rings (SSSR count). The first-order valence-electron chi connectivity index (χ1n) is 3.29. The normalized spacial score (nSPS) is 14.2. The molecule has 0 amide bonds. The minimum Gasteiger partial charge on any atom is -0.480 e. The standard InChI is InChI=1S/C6H9NO6/c7-3(5(9)10)1-4(6(11)12)13-2-8/h2-4H,1,7H2,(H,9,10)(H,11,12). The van der Waals surface area contributed by atoms with E-state index in [1.807, 2.05) is 0 Å². The van der Waals surface area contributed by atoms with Gasteiger partial charge in [-0.1, -0.05) is 0 Å². The molecular weight excluding hydrogens is 182 g/mol. The number of hydrogen-bond acceptors (Lipinski definition) is 5. The second kappa shape index (κ2) is 5.09. The Morgan fingerprint density at radius 3 is 2.23 bits per heavy atom. The fraction of sp³-hybridized carbons (Fsp3) is 0.500. The molecule has 0 aliphatic rings. The van der Waals surface area contributed by atoms with E-state index in [-0.39, 0.29) is 6.47 Å². The molecule has 0 aliphatic carbocycles. The zero-order valence-electron chi connectivity index (χ0n) is 6.54. The summed E-state index contributed by atoms with van der Waals surface area (Å²) in [4.78, 5) is 30.3. The highest BCUT2D eigenvalue weighted by molar-refractivity contribution is 5.77. The smallest absolute Gasteiger partial charge is 0.345 e. The summed E-state index contributed by atoms with van der Waals surface area (Å²) in [5.41, 5.74) is 5.03. The molecule has 7 nitrogen and oxygen atoms in total. The first kappa shape index (κ1) is 11.4. The molecule has 0 radical (unpaired) electrons. The van der Waals surface area contributed by atoms with Gasteiger partial charge in [-0.2, -0.15) is 0 Å². The van der Waals surface area contributed by atoms with E-state index >= 15 is 0 Å². The van der Waals surface area contributed by atoms with Gasteiger partial charge in [0, 0.05) is 6.42 Å². The second-order valence-corrected chi connectivity index (χ2v) is 2.24. The number of carbonyl (C=O) groups excluding carboxylic acids is 1. The van der Waals surface area contributed by atoms with E-state index in [0.717, 1.165) is 0 Å². The van der Waals surface area contributed by atoms with Gasteiger partial charge in [0.2, 0.25) is 0 Å². The molecule has 2 atom stereocenters. The average molecular weight is 191 g/mol. The summed E-state index contributed by atoms with van der Waals surface area (Å²) in [5, 5.41) is 16.7. The lowest BCUT2D eigenvalue weighted by molar-refractivity contribution is -0.158. The average Bonchev–Trinajstić information content (AvgIpc) is 2.03. The maximum absolute atomic E-state index is 10.3. The Balaban J connectivity index is 4.16. The Bertz CT molecular complexity index is 215. The van der Waals surface area contributed by atoms with Crippen molar-refractivity contribution in [3.8, 4) is 0 Å². The highest BCUT2D eigenvalue weighted by Gasteiger charge is 2.25. The lowest BCUT2D eigenvalue weighted by Gasteiger charge is -2.12. The summed E-state index contributed by atoms with van der Waals surface area (Å²) in [6.07, 6.45) is -1.97. The van der Waals surface area contributed by atoms with Crippen LogP contribution in [0.3, 0.4) is 0 Å². The zero-order valence-corrected chi connectivity index (χ0v) is 6.54. The monoisotopic (exact) mass is 191 g/mol. The molecule has 0 saturated heterocycles. The van der Waals surface area contributed by atoms with Crippen molar-refractivity contribution in [2.75, 3.05) is 0 Å². The predicted octanol–water partition coefficient (Wildman–Crippen LogP) is -1.59. The van der Waals surface area contributed by atoms with Gasteiger partial charge in [0.15, 0.2) is 6.10 Å². The highest BCUT2D eigenvalue weighted by atomic mass is 16.5. The third kappa shape index (κ3) is 4.06.